The van der Waals surface area contributed by atoms with Crippen LogP contribution in [0.5, 0.6) is 0 Å². The second kappa shape index (κ2) is 6.67. The van der Waals surface area contributed by atoms with Crippen molar-refractivity contribution in [1.29, 1.82) is 5.26 Å². The molecule has 0 aliphatic rings. The van der Waals surface area contributed by atoms with E-state index in [2.05, 4.69) is 17.2 Å². The van der Waals surface area contributed by atoms with Gasteiger partial charge in [-0.05, 0) is 45.4 Å². The second-order valence-electron chi connectivity index (χ2n) is 5.52. The smallest absolute Gasteiger partial charge is 0.408 e. The van der Waals surface area contributed by atoms with E-state index in [-0.39, 0.29) is 6.54 Å². The minimum absolute atomic E-state index is 0.142. The first-order valence-corrected chi connectivity index (χ1v) is 6.49. The largest absolute Gasteiger partial charge is 0.444 e. The molecule has 0 atom stereocenters. The maximum Gasteiger partial charge on any atom is 0.408 e. The van der Waals surface area contributed by atoms with Crippen molar-refractivity contribution in [1.82, 2.24) is 5.32 Å². The van der Waals surface area contributed by atoms with Gasteiger partial charge in [-0.25, -0.2) is 4.79 Å². The number of nitrogens with one attached hydrogen (secondary N) is 1. The van der Waals surface area contributed by atoms with Gasteiger partial charge in [0.15, 0.2) is 0 Å². The molecule has 5 nitrogen and oxygen atoms in total. The highest BCUT2D eigenvalue weighted by Gasteiger charge is 2.15. The van der Waals surface area contributed by atoms with Gasteiger partial charge in [0.25, 0.3) is 0 Å². The summed E-state index contributed by atoms with van der Waals surface area (Å²) in [6, 6.07) is 5.41. The molecule has 1 aromatic rings. The molecular formula is C16H19N3O2. The molecule has 1 rings (SSSR count). The number of anilines is 1. The van der Waals surface area contributed by atoms with Crippen LogP contribution in [0, 0.1) is 30.1 Å². The van der Waals surface area contributed by atoms with Crippen molar-refractivity contribution in [2.45, 2.75) is 33.3 Å². The first-order chi connectivity index (χ1) is 9.73. The quantitative estimate of drug-likeness (QED) is 0.612. The molecule has 21 heavy (non-hydrogen) atoms. The van der Waals surface area contributed by atoms with Gasteiger partial charge in [-0.2, -0.15) is 5.26 Å². The summed E-state index contributed by atoms with van der Waals surface area (Å²) in [6.45, 7) is 7.35. The average Bonchev–Trinajstić information content (AvgIpc) is 2.36. The molecule has 0 spiro atoms. The molecule has 1 amide bonds. The first-order valence-electron chi connectivity index (χ1n) is 6.49. The van der Waals surface area contributed by atoms with Crippen LogP contribution in [0.3, 0.4) is 0 Å². The van der Waals surface area contributed by atoms with Gasteiger partial charge in [-0.3, -0.25) is 0 Å². The van der Waals surface area contributed by atoms with E-state index in [1.807, 2.05) is 13.0 Å². The van der Waals surface area contributed by atoms with Gasteiger partial charge < -0.3 is 15.8 Å². The minimum Gasteiger partial charge on any atom is -0.444 e. The maximum atomic E-state index is 11.4. The summed E-state index contributed by atoms with van der Waals surface area (Å²) in [5, 5.41) is 11.6. The highest BCUT2D eigenvalue weighted by molar-refractivity contribution is 5.68. The number of alkyl carbamates (subject to hydrolysis) is 1. The third kappa shape index (κ3) is 5.46. The topological polar surface area (TPSA) is 88.1 Å². The van der Waals surface area contributed by atoms with Crippen molar-refractivity contribution in [2.75, 3.05) is 12.3 Å². The van der Waals surface area contributed by atoms with Crippen LogP contribution in [0.25, 0.3) is 0 Å². The summed E-state index contributed by atoms with van der Waals surface area (Å²) in [6.07, 6.45) is -0.522. The Bertz CT molecular complexity index is 640. The molecule has 0 aliphatic heterocycles. The lowest BCUT2D eigenvalue weighted by Gasteiger charge is -2.19. The predicted molar refractivity (Wildman–Crippen MR) is 81.4 cm³/mol. The number of benzene rings is 1. The van der Waals surface area contributed by atoms with Gasteiger partial charge in [0, 0.05) is 11.3 Å². The van der Waals surface area contributed by atoms with Crippen molar-refractivity contribution in [2.24, 2.45) is 0 Å². The first kappa shape index (κ1) is 16.4. The number of carbonyl (C=O) groups is 1. The standard InChI is InChI=1S/C16H19N3O2/c1-11-8-12(13(10-17)9-14(11)18)6-5-7-19-15(20)21-16(2,3)4/h8-9H,7,18H2,1-4H3,(H,19,20). The summed E-state index contributed by atoms with van der Waals surface area (Å²) >= 11 is 0. The average molecular weight is 285 g/mol. The van der Waals surface area contributed by atoms with Gasteiger partial charge in [0.2, 0.25) is 0 Å². The normalized spacial score (nSPS) is 10.0. The predicted octanol–water partition coefficient (Wildman–Crippen LogP) is 2.33. The van der Waals surface area contributed by atoms with Gasteiger partial charge in [-0.15, -0.1) is 0 Å². The number of carbonyl (C=O) groups excluding carboxylic acids is 1. The Labute approximate surface area is 125 Å². The van der Waals surface area contributed by atoms with E-state index in [4.69, 9.17) is 15.7 Å². The van der Waals surface area contributed by atoms with Gasteiger partial charge in [-0.1, -0.05) is 11.8 Å². The SMILES string of the molecule is Cc1cc(C#CCNC(=O)OC(C)(C)C)c(C#N)cc1N. The Morgan fingerprint density at radius 2 is 2.05 bits per heavy atom. The molecule has 0 aromatic heterocycles. The van der Waals surface area contributed by atoms with Gasteiger partial charge in [0.05, 0.1) is 12.1 Å². The summed E-state index contributed by atoms with van der Waals surface area (Å²) < 4.78 is 5.08. The Kier molecular flexibility index (Phi) is 5.21. The number of ether oxygens (including phenoxy) is 1. The summed E-state index contributed by atoms with van der Waals surface area (Å²) in [5.41, 5.74) is 7.63. The van der Waals surface area contributed by atoms with Crippen molar-refractivity contribution < 1.29 is 9.53 Å². The number of hydrogen-bond acceptors (Lipinski definition) is 4. The lowest BCUT2D eigenvalue weighted by Crippen LogP contribution is -2.32. The molecule has 1 aromatic carbocycles. The fourth-order valence-corrected chi connectivity index (χ4v) is 1.49. The van der Waals surface area contributed by atoms with Gasteiger partial charge >= 0.3 is 6.09 Å². The van der Waals surface area contributed by atoms with E-state index >= 15 is 0 Å². The number of aryl methyl sites for hydroxylation is 1. The number of nitrogens with zero attached hydrogens (tertiary/aromatic N) is 1. The Morgan fingerprint density at radius 3 is 2.62 bits per heavy atom. The third-order valence-electron chi connectivity index (χ3n) is 2.47. The van der Waals surface area contributed by atoms with E-state index in [0.717, 1.165) is 5.56 Å². The molecule has 110 valence electrons. The lowest BCUT2D eigenvalue weighted by molar-refractivity contribution is 0.0535. The highest BCUT2D eigenvalue weighted by Crippen LogP contribution is 2.16. The third-order valence-corrected chi connectivity index (χ3v) is 2.47. The monoisotopic (exact) mass is 285 g/mol. The van der Waals surface area contributed by atoms with Crippen molar-refractivity contribution in [3.8, 4) is 17.9 Å². The van der Waals surface area contributed by atoms with Gasteiger partial charge in [0.1, 0.15) is 11.7 Å². The molecule has 5 heteroatoms. The molecule has 0 fully saturated rings. The van der Waals surface area contributed by atoms with Crippen LogP contribution in [0.4, 0.5) is 10.5 Å². The van der Waals surface area contributed by atoms with E-state index in [1.165, 1.54) is 0 Å². The minimum atomic E-state index is -0.542. The molecule has 0 heterocycles. The van der Waals surface area contributed by atoms with Crippen LogP contribution >= 0.6 is 0 Å². The summed E-state index contributed by atoms with van der Waals surface area (Å²) in [4.78, 5) is 11.4. The molecule has 0 radical (unpaired) electrons. The second-order valence-corrected chi connectivity index (χ2v) is 5.52. The van der Waals surface area contributed by atoms with Crippen LogP contribution in [0.1, 0.15) is 37.5 Å². The number of nitrogens with two attached hydrogens (primary N) is 1. The number of nitriles is 1. The van der Waals surface area contributed by atoms with Crippen LogP contribution in [-0.4, -0.2) is 18.2 Å². The fourth-order valence-electron chi connectivity index (χ4n) is 1.49. The summed E-state index contributed by atoms with van der Waals surface area (Å²) in [5.74, 6) is 5.64. The number of rotatable bonds is 1. The molecule has 3 N–H and O–H groups in total. The highest BCUT2D eigenvalue weighted by atomic mass is 16.6. The molecule has 0 aliphatic carbocycles. The van der Waals surface area contributed by atoms with Crippen LogP contribution in [-0.2, 0) is 4.74 Å². The zero-order chi connectivity index (χ0) is 16.0. The lowest BCUT2D eigenvalue weighted by atomic mass is 10.0. The van der Waals surface area contributed by atoms with E-state index in [1.54, 1.807) is 32.9 Å². The maximum absolute atomic E-state index is 11.4. The van der Waals surface area contributed by atoms with E-state index in [0.29, 0.717) is 16.8 Å². The number of hydrogen-bond donors (Lipinski definition) is 2. The Hall–Kier alpha value is -2.66. The number of nitrogen functional groups attached to an aromatic ring is 1. The zero-order valence-electron chi connectivity index (χ0n) is 12.7. The number of amides is 1. The Balaban J connectivity index is 2.70. The zero-order valence-corrected chi connectivity index (χ0v) is 12.7. The van der Waals surface area contributed by atoms with Crippen molar-refractivity contribution in [3.63, 3.8) is 0 Å². The molecule has 0 saturated carbocycles. The van der Waals surface area contributed by atoms with Crippen molar-refractivity contribution in [3.05, 3.63) is 28.8 Å². The Morgan fingerprint density at radius 1 is 1.38 bits per heavy atom. The van der Waals surface area contributed by atoms with E-state index in [9.17, 15) is 4.79 Å². The summed E-state index contributed by atoms with van der Waals surface area (Å²) in [7, 11) is 0. The molecular weight excluding hydrogens is 266 g/mol. The molecule has 0 saturated heterocycles. The van der Waals surface area contributed by atoms with Crippen LogP contribution < -0.4 is 11.1 Å². The molecule has 0 bridgehead atoms. The van der Waals surface area contributed by atoms with Crippen molar-refractivity contribution >= 4 is 11.8 Å². The molecule has 0 unspecified atom stereocenters. The fraction of sp³-hybridized carbons (Fsp3) is 0.375. The van der Waals surface area contributed by atoms with Crippen LogP contribution in [0.2, 0.25) is 0 Å². The van der Waals surface area contributed by atoms with E-state index < -0.39 is 11.7 Å². The van der Waals surface area contributed by atoms with Crippen LogP contribution in [0.15, 0.2) is 12.1 Å².